The van der Waals surface area contributed by atoms with E-state index in [9.17, 15) is 17.2 Å². The van der Waals surface area contributed by atoms with Gasteiger partial charge in [0.15, 0.2) is 0 Å². The summed E-state index contributed by atoms with van der Waals surface area (Å²) in [6.07, 6.45) is -0.961. The molecule has 6 heteroatoms. The zero-order valence-corrected chi connectivity index (χ0v) is 11.0. The lowest BCUT2D eigenvalue weighted by Crippen LogP contribution is -2.40. The molecule has 0 N–H and O–H groups in total. The van der Waals surface area contributed by atoms with Crippen molar-refractivity contribution in [2.75, 3.05) is 0 Å². The second-order valence-electron chi connectivity index (χ2n) is 4.63. The van der Waals surface area contributed by atoms with Crippen LogP contribution in [-0.2, 0) is 10.0 Å². The molecule has 0 spiro atoms. The summed E-state index contributed by atoms with van der Waals surface area (Å²) >= 11 is 0. The lowest BCUT2D eigenvalue weighted by atomic mass is 10.2. The smallest absolute Gasteiger partial charge is 0.243 e. The van der Waals surface area contributed by atoms with E-state index < -0.39 is 28.1 Å². The number of alkyl halides is 1. The fraction of sp³-hybridized carbons (Fsp3) is 0.500. The SMILES string of the molecule is C[C@@H]1CC(F)[C@H](C)N1S(=O)(=O)c1ccc(F)cc1. The summed E-state index contributed by atoms with van der Waals surface area (Å²) in [4.78, 5) is -0.00306. The Bertz CT molecular complexity index is 530. The topological polar surface area (TPSA) is 37.4 Å². The maximum atomic E-state index is 13.6. The molecule has 0 saturated carbocycles. The van der Waals surface area contributed by atoms with Gasteiger partial charge in [0.25, 0.3) is 0 Å². The highest BCUT2D eigenvalue weighted by molar-refractivity contribution is 7.89. The quantitative estimate of drug-likeness (QED) is 0.830. The molecule has 0 bridgehead atoms. The molecule has 0 radical (unpaired) electrons. The highest BCUT2D eigenvalue weighted by Gasteiger charge is 2.43. The summed E-state index contributed by atoms with van der Waals surface area (Å²) in [7, 11) is -3.76. The van der Waals surface area contributed by atoms with Crippen molar-refractivity contribution in [3.63, 3.8) is 0 Å². The van der Waals surface area contributed by atoms with Crippen LogP contribution in [0.25, 0.3) is 0 Å². The molecule has 1 aliphatic heterocycles. The Morgan fingerprint density at radius 1 is 1.22 bits per heavy atom. The van der Waals surface area contributed by atoms with Gasteiger partial charge in [0, 0.05) is 6.04 Å². The first kappa shape index (κ1) is 13.4. The first-order valence-electron chi connectivity index (χ1n) is 5.77. The van der Waals surface area contributed by atoms with E-state index in [0.29, 0.717) is 0 Å². The largest absolute Gasteiger partial charge is 0.246 e. The summed E-state index contributed by atoms with van der Waals surface area (Å²) in [6.45, 7) is 3.23. The van der Waals surface area contributed by atoms with Gasteiger partial charge in [0.2, 0.25) is 10.0 Å². The Morgan fingerprint density at radius 3 is 2.22 bits per heavy atom. The maximum Gasteiger partial charge on any atom is 0.243 e. The van der Waals surface area contributed by atoms with Crippen molar-refractivity contribution in [1.82, 2.24) is 4.31 Å². The van der Waals surface area contributed by atoms with Gasteiger partial charge in [-0.25, -0.2) is 17.2 Å². The molecule has 1 aliphatic rings. The fourth-order valence-electron chi connectivity index (χ4n) is 2.37. The van der Waals surface area contributed by atoms with Gasteiger partial charge in [0.1, 0.15) is 12.0 Å². The number of hydrogen-bond acceptors (Lipinski definition) is 2. The zero-order valence-electron chi connectivity index (χ0n) is 10.2. The number of halogens is 2. The van der Waals surface area contributed by atoms with Crippen molar-refractivity contribution in [3.05, 3.63) is 30.1 Å². The molecule has 1 saturated heterocycles. The molecule has 100 valence electrons. The number of sulfonamides is 1. The van der Waals surface area contributed by atoms with Crippen molar-refractivity contribution in [2.24, 2.45) is 0 Å². The van der Waals surface area contributed by atoms with Crippen molar-refractivity contribution >= 4 is 10.0 Å². The highest BCUT2D eigenvalue weighted by atomic mass is 32.2. The molecule has 1 unspecified atom stereocenters. The standard InChI is InChI=1S/C12H15F2NO2S/c1-8-7-12(14)9(2)15(8)18(16,17)11-5-3-10(13)4-6-11/h3-6,8-9,12H,7H2,1-2H3/t8-,9+,12?/m1/s1. The van der Waals surface area contributed by atoms with Gasteiger partial charge in [-0.05, 0) is 44.5 Å². The third kappa shape index (κ3) is 2.14. The van der Waals surface area contributed by atoms with Gasteiger partial charge in [-0.1, -0.05) is 0 Å². The number of benzene rings is 1. The molecule has 18 heavy (non-hydrogen) atoms. The Morgan fingerprint density at radius 2 is 1.78 bits per heavy atom. The minimum absolute atomic E-state index is 0.00306. The van der Waals surface area contributed by atoms with Gasteiger partial charge in [-0.15, -0.1) is 0 Å². The van der Waals surface area contributed by atoms with Crippen LogP contribution in [0.2, 0.25) is 0 Å². The Kier molecular flexibility index (Phi) is 3.42. The average molecular weight is 275 g/mol. The van der Waals surface area contributed by atoms with Gasteiger partial charge in [0.05, 0.1) is 10.9 Å². The van der Waals surface area contributed by atoms with Crippen LogP contribution in [0.15, 0.2) is 29.2 Å². The Balaban J connectivity index is 2.40. The van der Waals surface area contributed by atoms with E-state index in [1.165, 1.54) is 16.4 Å². The van der Waals surface area contributed by atoms with E-state index in [-0.39, 0.29) is 17.4 Å². The van der Waals surface area contributed by atoms with E-state index in [1.54, 1.807) is 13.8 Å². The van der Waals surface area contributed by atoms with E-state index in [1.807, 2.05) is 0 Å². The first-order valence-corrected chi connectivity index (χ1v) is 7.21. The minimum Gasteiger partial charge on any atom is -0.246 e. The molecule has 0 aliphatic carbocycles. The Hall–Kier alpha value is -1.01. The van der Waals surface area contributed by atoms with Crippen molar-refractivity contribution in [3.8, 4) is 0 Å². The molecular formula is C12H15F2NO2S. The van der Waals surface area contributed by atoms with Crippen LogP contribution < -0.4 is 0 Å². The fourth-order valence-corrected chi connectivity index (χ4v) is 4.22. The third-order valence-corrected chi connectivity index (χ3v) is 5.43. The van der Waals surface area contributed by atoms with Gasteiger partial charge < -0.3 is 0 Å². The molecule has 3 atom stereocenters. The van der Waals surface area contributed by atoms with Crippen molar-refractivity contribution < 1.29 is 17.2 Å². The third-order valence-electron chi connectivity index (χ3n) is 3.31. The molecule has 0 aromatic heterocycles. The molecule has 3 nitrogen and oxygen atoms in total. The molecule has 1 aromatic rings. The second-order valence-corrected chi connectivity index (χ2v) is 6.47. The normalized spacial score (nSPS) is 29.7. The van der Waals surface area contributed by atoms with E-state index >= 15 is 0 Å². The summed E-state index contributed by atoms with van der Waals surface area (Å²) in [5.74, 6) is -0.500. The molecule has 0 amide bonds. The van der Waals surface area contributed by atoms with Crippen molar-refractivity contribution in [2.45, 2.75) is 43.4 Å². The van der Waals surface area contributed by atoms with E-state index in [4.69, 9.17) is 0 Å². The lowest BCUT2D eigenvalue weighted by Gasteiger charge is -2.25. The summed E-state index contributed by atoms with van der Waals surface area (Å²) < 4.78 is 52.2. The Labute approximate surface area is 105 Å². The predicted octanol–water partition coefficient (Wildman–Crippen LogP) is 2.34. The minimum atomic E-state index is -3.76. The molecule has 1 aromatic carbocycles. The summed E-state index contributed by atoms with van der Waals surface area (Å²) in [5.41, 5.74) is 0. The predicted molar refractivity (Wildman–Crippen MR) is 63.9 cm³/mol. The molecule has 2 rings (SSSR count). The summed E-state index contributed by atoms with van der Waals surface area (Å²) in [5, 5.41) is 0. The van der Waals surface area contributed by atoms with Crippen LogP contribution in [0, 0.1) is 5.82 Å². The summed E-state index contributed by atoms with van der Waals surface area (Å²) in [6, 6.07) is 3.52. The maximum absolute atomic E-state index is 13.6. The van der Waals surface area contributed by atoms with Crippen LogP contribution in [0.1, 0.15) is 20.3 Å². The van der Waals surface area contributed by atoms with Gasteiger partial charge in [-0.2, -0.15) is 4.31 Å². The van der Waals surface area contributed by atoms with Crippen LogP contribution >= 0.6 is 0 Å². The van der Waals surface area contributed by atoms with Crippen LogP contribution in [0.3, 0.4) is 0 Å². The van der Waals surface area contributed by atoms with Gasteiger partial charge in [-0.3, -0.25) is 0 Å². The van der Waals surface area contributed by atoms with Crippen LogP contribution in [0.5, 0.6) is 0 Å². The molecule has 1 heterocycles. The zero-order chi connectivity index (χ0) is 13.5. The first-order chi connectivity index (χ1) is 8.34. The average Bonchev–Trinajstić information content (AvgIpc) is 2.54. The van der Waals surface area contributed by atoms with E-state index in [0.717, 1.165) is 12.1 Å². The highest BCUT2D eigenvalue weighted by Crippen LogP contribution is 2.32. The van der Waals surface area contributed by atoms with E-state index in [2.05, 4.69) is 0 Å². The molecule has 1 fully saturated rings. The number of rotatable bonds is 2. The number of hydrogen-bond donors (Lipinski definition) is 0. The van der Waals surface area contributed by atoms with Gasteiger partial charge >= 0.3 is 0 Å². The second kappa shape index (κ2) is 4.59. The number of nitrogens with zero attached hydrogens (tertiary/aromatic N) is 1. The van der Waals surface area contributed by atoms with Crippen LogP contribution in [0.4, 0.5) is 8.78 Å². The monoisotopic (exact) mass is 275 g/mol. The lowest BCUT2D eigenvalue weighted by molar-refractivity contribution is 0.269. The van der Waals surface area contributed by atoms with Crippen LogP contribution in [-0.4, -0.2) is 31.0 Å². The van der Waals surface area contributed by atoms with Crippen molar-refractivity contribution in [1.29, 1.82) is 0 Å². The molecular weight excluding hydrogens is 260 g/mol.